The predicted molar refractivity (Wildman–Crippen MR) is 122 cm³/mol. The molecular weight excluding hydrogens is 406 g/mol. The van der Waals surface area contributed by atoms with Crippen LogP contribution in [0.15, 0.2) is 42.5 Å². The van der Waals surface area contributed by atoms with E-state index in [-0.39, 0.29) is 18.8 Å². The van der Waals surface area contributed by atoms with E-state index in [1.807, 2.05) is 42.5 Å². The fraction of sp³-hybridized carbons (Fsp3) is 0.480. The normalized spacial score (nSPS) is 21.5. The van der Waals surface area contributed by atoms with Crippen LogP contribution < -0.4 is 19.7 Å². The average Bonchev–Trinajstić information content (AvgIpc) is 3.31. The van der Waals surface area contributed by atoms with E-state index in [0.29, 0.717) is 18.2 Å². The summed E-state index contributed by atoms with van der Waals surface area (Å²) in [6.07, 6.45) is 4.10. The molecule has 2 saturated heterocycles. The highest BCUT2D eigenvalue weighted by Gasteiger charge is 2.28. The second-order valence-electron chi connectivity index (χ2n) is 8.93. The molecule has 7 heteroatoms. The summed E-state index contributed by atoms with van der Waals surface area (Å²) in [6, 6.07) is 14.2. The number of hydrogen-bond donors (Lipinski definition) is 2. The highest BCUT2D eigenvalue weighted by atomic mass is 16.7. The molecule has 0 aliphatic carbocycles. The van der Waals surface area contributed by atoms with Crippen molar-refractivity contribution >= 4 is 11.6 Å². The van der Waals surface area contributed by atoms with Crippen molar-refractivity contribution < 1.29 is 19.4 Å². The fourth-order valence-electron chi connectivity index (χ4n) is 4.96. The van der Waals surface area contributed by atoms with Gasteiger partial charge < -0.3 is 24.8 Å². The Labute approximate surface area is 188 Å². The number of aliphatic hydroxyl groups excluding tert-OH is 1. The largest absolute Gasteiger partial charge is 0.454 e. The van der Waals surface area contributed by atoms with Gasteiger partial charge in [0, 0.05) is 43.5 Å². The fourth-order valence-corrected chi connectivity index (χ4v) is 4.96. The Kier molecular flexibility index (Phi) is 6.19. The molecule has 3 aliphatic heterocycles. The number of fused-ring (bicyclic) bond motifs is 1. The van der Waals surface area contributed by atoms with E-state index in [1.54, 1.807) is 0 Å². The molecule has 1 amide bonds. The highest BCUT2D eigenvalue weighted by Crippen LogP contribution is 2.32. The van der Waals surface area contributed by atoms with Gasteiger partial charge in [-0.2, -0.15) is 0 Å². The van der Waals surface area contributed by atoms with E-state index in [9.17, 15) is 9.90 Å². The molecule has 5 rings (SSSR count). The van der Waals surface area contributed by atoms with E-state index in [2.05, 4.69) is 15.1 Å². The molecule has 1 atom stereocenters. The first kappa shape index (κ1) is 21.1. The van der Waals surface area contributed by atoms with Crippen molar-refractivity contribution in [3.8, 4) is 11.5 Å². The summed E-state index contributed by atoms with van der Waals surface area (Å²) in [5, 5.41) is 12.9. The molecule has 2 fully saturated rings. The third-order valence-electron chi connectivity index (χ3n) is 6.79. The summed E-state index contributed by atoms with van der Waals surface area (Å²) >= 11 is 0. The Morgan fingerprint density at radius 3 is 2.56 bits per heavy atom. The summed E-state index contributed by atoms with van der Waals surface area (Å²) < 4.78 is 10.7. The van der Waals surface area contributed by atoms with Gasteiger partial charge >= 0.3 is 0 Å². The summed E-state index contributed by atoms with van der Waals surface area (Å²) in [7, 11) is 0. The number of carbonyl (C=O) groups excluding carboxylic acids is 1. The van der Waals surface area contributed by atoms with Gasteiger partial charge in [0.1, 0.15) is 0 Å². The minimum absolute atomic E-state index is 0.0865. The zero-order chi connectivity index (χ0) is 21.9. The number of carbonyl (C=O) groups is 1. The van der Waals surface area contributed by atoms with Crippen molar-refractivity contribution in [2.45, 2.75) is 44.4 Å². The van der Waals surface area contributed by atoms with Crippen LogP contribution in [0, 0.1) is 0 Å². The van der Waals surface area contributed by atoms with Crippen molar-refractivity contribution in [1.82, 2.24) is 10.2 Å². The Bertz CT molecular complexity index is 941. The first-order chi connectivity index (χ1) is 15.7. The Morgan fingerprint density at radius 2 is 1.78 bits per heavy atom. The van der Waals surface area contributed by atoms with Crippen molar-refractivity contribution in [2.24, 2.45) is 0 Å². The van der Waals surface area contributed by atoms with Gasteiger partial charge in [-0.25, -0.2) is 0 Å². The molecule has 0 saturated carbocycles. The molecule has 3 heterocycles. The number of β-amino-alcohol motifs (C(OH)–C–C–N with tert-alkyl or cyclic N) is 1. The topological polar surface area (TPSA) is 74.3 Å². The molecule has 0 bridgehead atoms. The Hall–Kier alpha value is -2.77. The van der Waals surface area contributed by atoms with Gasteiger partial charge in [-0.15, -0.1) is 0 Å². The minimum atomic E-state index is -0.162. The first-order valence-corrected chi connectivity index (χ1v) is 11.6. The molecule has 2 aromatic carbocycles. The van der Waals surface area contributed by atoms with Gasteiger partial charge in [0.25, 0.3) is 5.91 Å². The number of anilines is 1. The van der Waals surface area contributed by atoms with Gasteiger partial charge in [-0.1, -0.05) is 6.07 Å². The zero-order valence-electron chi connectivity index (χ0n) is 18.3. The van der Waals surface area contributed by atoms with Crippen molar-refractivity contribution in [3.05, 3.63) is 53.6 Å². The van der Waals surface area contributed by atoms with Gasteiger partial charge in [-0.05, 0) is 74.2 Å². The maximum Gasteiger partial charge on any atom is 0.251 e. The molecule has 0 unspecified atom stereocenters. The molecule has 7 nitrogen and oxygen atoms in total. The molecule has 3 aliphatic rings. The second kappa shape index (κ2) is 9.38. The van der Waals surface area contributed by atoms with Crippen molar-refractivity contribution in [1.29, 1.82) is 0 Å². The van der Waals surface area contributed by atoms with Crippen LogP contribution in [0.25, 0.3) is 0 Å². The quantitative estimate of drug-likeness (QED) is 0.749. The summed E-state index contributed by atoms with van der Waals surface area (Å²) in [5.41, 5.74) is 2.80. The lowest BCUT2D eigenvalue weighted by atomic mass is 9.98. The summed E-state index contributed by atoms with van der Waals surface area (Å²) in [5.74, 6) is 1.38. The molecule has 0 aromatic heterocycles. The Balaban J connectivity index is 1.12. The van der Waals surface area contributed by atoms with Crippen molar-refractivity contribution in [2.75, 3.05) is 37.9 Å². The van der Waals surface area contributed by atoms with Gasteiger partial charge in [0.05, 0.1) is 6.10 Å². The molecule has 2 aromatic rings. The first-order valence-electron chi connectivity index (χ1n) is 11.6. The molecule has 0 radical (unpaired) electrons. The van der Waals surface area contributed by atoms with E-state index in [1.165, 1.54) is 0 Å². The molecule has 2 N–H and O–H groups in total. The maximum absolute atomic E-state index is 12.6. The number of likely N-dealkylation sites (tertiary alicyclic amines) is 1. The van der Waals surface area contributed by atoms with E-state index in [0.717, 1.165) is 74.6 Å². The zero-order valence-corrected chi connectivity index (χ0v) is 18.3. The number of aliphatic hydroxyl groups is 1. The summed E-state index contributed by atoms with van der Waals surface area (Å²) in [6.45, 7) is 4.63. The standard InChI is InChI=1S/C25H31N3O4/c29-22-2-1-11-28(16-22)21-9-12-27(13-10-21)20-6-4-19(5-7-20)25(30)26-15-18-3-8-23-24(14-18)32-17-31-23/h3-8,14,21-22,29H,1-2,9-13,15-17H2,(H,26,30)/t22-/m0/s1. The van der Waals surface area contributed by atoms with E-state index < -0.39 is 0 Å². The Morgan fingerprint density at radius 1 is 1.00 bits per heavy atom. The van der Waals surface area contributed by atoms with Gasteiger partial charge in [0.2, 0.25) is 6.79 Å². The van der Waals surface area contributed by atoms with E-state index in [4.69, 9.17) is 9.47 Å². The van der Waals surface area contributed by atoms with Crippen LogP contribution >= 0.6 is 0 Å². The summed E-state index contributed by atoms with van der Waals surface area (Å²) in [4.78, 5) is 17.4. The predicted octanol–water partition coefficient (Wildman–Crippen LogP) is 2.77. The molecule has 32 heavy (non-hydrogen) atoms. The van der Waals surface area contributed by atoms with Crippen LogP contribution in [0.2, 0.25) is 0 Å². The van der Waals surface area contributed by atoms with Gasteiger partial charge in [-0.3, -0.25) is 9.69 Å². The number of benzene rings is 2. The molecule has 0 spiro atoms. The SMILES string of the molecule is O=C(NCc1ccc2c(c1)OCO2)c1ccc(N2CCC(N3CCC[C@H](O)C3)CC2)cc1. The molecular formula is C25H31N3O4. The lowest BCUT2D eigenvalue weighted by molar-refractivity contribution is 0.0398. The number of ether oxygens (including phenoxy) is 2. The number of piperidine rings is 2. The second-order valence-corrected chi connectivity index (χ2v) is 8.93. The van der Waals surface area contributed by atoms with Gasteiger partial charge in [0.15, 0.2) is 11.5 Å². The highest BCUT2D eigenvalue weighted by molar-refractivity contribution is 5.94. The number of rotatable bonds is 5. The lowest BCUT2D eigenvalue weighted by Gasteiger charge is -2.42. The number of hydrogen-bond acceptors (Lipinski definition) is 6. The van der Waals surface area contributed by atoms with Crippen LogP contribution in [0.4, 0.5) is 5.69 Å². The van der Waals surface area contributed by atoms with Crippen LogP contribution in [0.3, 0.4) is 0 Å². The smallest absolute Gasteiger partial charge is 0.251 e. The van der Waals surface area contributed by atoms with Crippen LogP contribution in [-0.2, 0) is 6.54 Å². The minimum Gasteiger partial charge on any atom is -0.454 e. The van der Waals surface area contributed by atoms with Crippen LogP contribution in [0.5, 0.6) is 11.5 Å². The maximum atomic E-state index is 12.6. The monoisotopic (exact) mass is 437 g/mol. The third kappa shape index (κ3) is 4.69. The number of amides is 1. The lowest BCUT2D eigenvalue weighted by Crippen LogP contribution is -2.49. The number of nitrogens with one attached hydrogen (secondary N) is 1. The number of nitrogens with zero attached hydrogens (tertiary/aromatic N) is 2. The molecule has 170 valence electrons. The van der Waals surface area contributed by atoms with Crippen LogP contribution in [0.1, 0.15) is 41.6 Å². The van der Waals surface area contributed by atoms with E-state index >= 15 is 0 Å². The third-order valence-corrected chi connectivity index (χ3v) is 6.79. The van der Waals surface area contributed by atoms with Crippen LogP contribution in [-0.4, -0.2) is 61.0 Å². The average molecular weight is 438 g/mol. The van der Waals surface area contributed by atoms with Crippen molar-refractivity contribution in [3.63, 3.8) is 0 Å².